The van der Waals surface area contributed by atoms with Gasteiger partial charge in [0.05, 0.1) is 22.2 Å². The van der Waals surface area contributed by atoms with Crippen molar-refractivity contribution in [2.45, 2.75) is 59.8 Å². The second kappa shape index (κ2) is 18.5. The van der Waals surface area contributed by atoms with Crippen LogP contribution in [0.2, 0.25) is 0 Å². The molecule has 1 N–H and O–H groups in total. The number of nitrogens with one attached hydrogen (secondary N) is 1. The molecule has 2 aromatic carbocycles. The number of anilines is 1. The number of ether oxygens (including phenoxy) is 1. The minimum atomic E-state index is -1.23. The SMILES string of the molecule is C=C/C=C(COC(=O)Nc1c(C)nsc1-c1ccc(-c2ccc(C3(C(=O)[O-])CC3)c(F)c2)cc1)\C(C)=C/C.C=CC.CC.[Na+]. The molecule has 1 heterocycles. The van der Waals surface area contributed by atoms with Gasteiger partial charge in [0.25, 0.3) is 0 Å². The van der Waals surface area contributed by atoms with E-state index in [0.717, 1.165) is 27.2 Å². The summed E-state index contributed by atoms with van der Waals surface area (Å²) in [5, 5.41) is 14.3. The second-order valence-corrected chi connectivity index (χ2v) is 10.4. The van der Waals surface area contributed by atoms with E-state index in [-0.39, 0.29) is 41.7 Å². The van der Waals surface area contributed by atoms with Crippen LogP contribution in [0.5, 0.6) is 0 Å². The Balaban J connectivity index is 0.00000152. The summed E-state index contributed by atoms with van der Waals surface area (Å²) >= 11 is 1.26. The number of benzene rings is 2. The summed E-state index contributed by atoms with van der Waals surface area (Å²) in [5.41, 5.74) is 4.29. The summed E-state index contributed by atoms with van der Waals surface area (Å²) in [4.78, 5) is 24.8. The number of halogens is 1. The van der Waals surface area contributed by atoms with Crippen LogP contribution < -0.4 is 40.0 Å². The molecular formula is C35H40FN2NaO4S. The minimum absolute atomic E-state index is 0. The van der Waals surface area contributed by atoms with Crippen molar-refractivity contribution in [2.75, 3.05) is 11.9 Å². The Labute approximate surface area is 286 Å². The van der Waals surface area contributed by atoms with E-state index in [1.807, 2.05) is 65.0 Å². The van der Waals surface area contributed by atoms with Crippen LogP contribution in [0.15, 0.2) is 91.1 Å². The molecule has 0 atom stereocenters. The second-order valence-electron chi connectivity index (χ2n) is 9.62. The molecule has 1 aliphatic rings. The molecule has 0 radical (unpaired) electrons. The van der Waals surface area contributed by atoms with E-state index in [1.165, 1.54) is 23.7 Å². The summed E-state index contributed by atoms with van der Waals surface area (Å²) in [6.45, 7) is 18.7. The van der Waals surface area contributed by atoms with Gasteiger partial charge in [-0.05, 0) is 91.5 Å². The van der Waals surface area contributed by atoms with Gasteiger partial charge in [-0.2, -0.15) is 4.37 Å². The monoisotopic (exact) mass is 626 g/mol. The Morgan fingerprint density at radius 2 is 1.66 bits per heavy atom. The number of amides is 1. The number of carbonyl (C=O) groups excluding carboxylic acids is 2. The van der Waals surface area contributed by atoms with Crippen LogP contribution in [0.1, 0.15) is 58.7 Å². The average Bonchev–Trinajstić information content (AvgIpc) is 3.74. The fraction of sp³-hybridized carbons (Fsp3) is 0.286. The number of carboxylic acid groups (broad SMARTS) is 1. The molecule has 1 saturated carbocycles. The largest absolute Gasteiger partial charge is 1.00 e. The predicted molar refractivity (Wildman–Crippen MR) is 174 cm³/mol. The molecule has 0 spiro atoms. The normalized spacial score (nSPS) is 13.1. The molecule has 0 saturated heterocycles. The number of nitrogens with zero attached hydrogens (tertiary/aromatic N) is 1. The van der Waals surface area contributed by atoms with E-state index in [4.69, 9.17) is 4.74 Å². The maximum atomic E-state index is 14.8. The number of aromatic nitrogens is 1. The van der Waals surface area contributed by atoms with Crippen molar-refractivity contribution >= 4 is 29.3 Å². The standard InChI is InChI=1S/C30H29FN2O4S.C3H6.C2H6.Na/c1-5-7-23(18(3)6-2)17-37-29(36)32-26-19(4)33-38-27(26)21-10-8-20(9-11-21)22-12-13-24(25(31)16-22)30(14-15-30)28(34)35;1-3-2;1-2;/h5-13,16H,1,14-15,17H2,2-4H3,(H,32,36)(H,34,35);3H,1H2,2H3;1-2H3;/q;;;+1/p-1/b18-6-,23-7-;;;. The molecule has 1 aliphatic carbocycles. The molecule has 1 amide bonds. The summed E-state index contributed by atoms with van der Waals surface area (Å²) < 4.78 is 24.6. The van der Waals surface area contributed by atoms with E-state index in [2.05, 4.69) is 22.8 Å². The topological polar surface area (TPSA) is 91.3 Å². The zero-order valence-corrected chi connectivity index (χ0v) is 29.6. The molecule has 0 aliphatic heterocycles. The number of aliphatic carboxylic acids is 1. The first-order valence-corrected chi connectivity index (χ1v) is 14.9. The van der Waals surface area contributed by atoms with Crippen molar-refractivity contribution in [3.63, 3.8) is 0 Å². The molecular weight excluding hydrogens is 586 g/mol. The molecule has 44 heavy (non-hydrogen) atoms. The van der Waals surface area contributed by atoms with Gasteiger partial charge in [-0.3, -0.25) is 5.32 Å². The molecule has 0 bridgehead atoms. The van der Waals surface area contributed by atoms with Gasteiger partial charge in [-0.1, -0.05) is 81.1 Å². The summed E-state index contributed by atoms with van der Waals surface area (Å²) in [6, 6.07) is 12.0. The molecule has 9 heteroatoms. The molecule has 3 aromatic rings. The maximum absolute atomic E-state index is 14.8. The average molecular weight is 627 g/mol. The zero-order valence-electron chi connectivity index (χ0n) is 26.8. The van der Waals surface area contributed by atoms with Crippen LogP contribution in [0, 0.1) is 12.7 Å². The number of allylic oxidation sites excluding steroid dienone is 4. The fourth-order valence-corrected chi connectivity index (χ4v) is 5.07. The van der Waals surface area contributed by atoms with E-state index >= 15 is 0 Å². The predicted octanol–water partition coefficient (Wildman–Crippen LogP) is 5.56. The fourth-order valence-electron chi connectivity index (χ4n) is 4.22. The number of aryl methyl sites for hydroxylation is 1. The molecule has 4 rings (SSSR count). The number of carboxylic acids is 1. The van der Waals surface area contributed by atoms with Crippen molar-refractivity contribution in [3.05, 3.63) is 108 Å². The van der Waals surface area contributed by atoms with Crippen LogP contribution in [-0.4, -0.2) is 23.0 Å². The quantitative estimate of drug-likeness (QED) is 0.191. The number of hydrogen-bond acceptors (Lipinski definition) is 6. The summed E-state index contributed by atoms with van der Waals surface area (Å²) in [6.07, 6.45) is 7.33. The summed E-state index contributed by atoms with van der Waals surface area (Å²) in [7, 11) is 0. The maximum Gasteiger partial charge on any atom is 1.00 e. The third-order valence-corrected chi connectivity index (χ3v) is 7.80. The van der Waals surface area contributed by atoms with Crippen LogP contribution in [-0.2, 0) is 14.9 Å². The van der Waals surface area contributed by atoms with Gasteiger partial charge >= 0.3 is 35.7 Å². The summed E-state index contributed by atoms with van der Waals surface area (Å²) in [5.74, 6) is -1.78. The number of rotatable bonds is 9. The van der Waals surface area contributed by atoms with Gasteiger partial charge in [0, 0.05) is 5.41 Å². The Morgan fingerprint density at radius 3 is 2.16 bits per heavy atom. The molecule has 6 nitrogen and oxygen atoms in total. The van der Waals surface area contributed by atoms with Crippen molar-refractivity contribution in [1.82, 2.24) is 4.37 Å². The Kier molecular flexibility index (Phi) is 16.3. The number of hydrogen-bond donors (Lipinski definition) is 1. The van der Waals surface area contributed by atoms with E-state index < -0.39 is 23.3 Å². The van der Waals surface area contributed by atoms with Crippen molar-refractivity contribution < 1.29 is 53.4 Å². The van der Waals surface area contributed by atoms with Gasteiger partial charge in [-0.25, -0.2) is 9.18 Å². The van der Waals surface area contributed by atoms with E-state index in [1.54, 1.807) is 31.2 Å². The molecule has 1 aromatic heterocycles. The van der Waals surface area contributed by atoms with Crippen LogP contribution in [0.25, 0.3) is 21.6 Å². The Bertz CT molecular complexity index is 1510. The first kappa shape index (κ1) is 38.7. The zero-order chi connectivity index (χ0) is 32.2. The van der Waals surface area contributed by atoms with Gasteiger partial charge in [0.1, 0.15) is 12.4 Å². The first-order valence-electron chi connectivity index (χ1n) is 14.2. The van der Waals surface area contributed by atoms with Crippen molar-refractivity contribution in [3.8, 4) is 21.6 Å². The smallest absolute Gasteiger partial charge is 0.549 e. The number of carbonyl (C=O) groups is 2. The minimum Gasteiger partial charge on any atom is -0.549 e. The van der Waals surface area contributed by atoms with Gasteiger partial charge in [-0.15, -0.1) is 6.58 Å². The van der Waals surface area contributed by atoms with Crippen LogP contribution in [0.3, 0.4) is 0 Å². The van der Waals surface area contributed by atoms with Crippen molar-refractivity contribution in [2.24, 2.45) is 0 Å². The van der Waals surface area contributed by atoms with Gasteiger partial charge in [0.2, 0.25) is 0 Å². The van der Waals surface area contributed by atoms with E-state index in [9.17, 15) is 19.1 Å². The van der Waals surface area contributed by atoms with Gasteiger partial charge in [0.15, 0.2) is 0 Å². The molecule has 228 valence electrons. The molecule has 0 unspecified atom stereocenters. The Hall–Kier alpha value is -3.30. The van der Waals surface area contributed by atoms with Crippen LogP contribution >= 0.6 is 11.5 Å². The van der Waals surface area contributed by atoms with Crippen LogP contribution in [0.4, 0.5) is 14.9 Å². The van der Waals surface area contributed by atoms with Gasteiger partial charge < -0.3 is 14.6 Å². The third kappa shape index (κ3) is 9.60. The third-order valence-electron chi connectivity index (χ3n) is 6.81. The van der Waals surface area contributed by atoms with E-state index in [0.29, 0.717) is 29.8 Å². The Morgan fingerprint density at radius 1 is 1.09 bits per heavy atom. The van der Waals surface area contributed by atoms with Crippen molar-refractivity contribution in [1.29, 1.82) is 0 Å². The molecule has 1 fully saturated rings. The first-order chi connectivity index (χ1) is 20.6.